The van der Waals surface area contributed by atoms with Gasteiger partial charge < -0.3 is 4.90 Å². The molecular weight excluding hydrogens is 240 g/mol. The molecule has 1 fully saturated rings. The molecule has 1 aliphatic heterocycles. The summed E-state index contributed by atoms with van der Waals surface area (Å²) >= 11 is 10.3. The van der Waals surface area contributed by atoms with Gasteiger partial charge in [-0.2, -0.15) is 12.6 Å². The summed E-state index contributed by atoms with van der Waals surface area (Å²) in [5, 5.41) is 0.815. The maximum atomic E-state index is 6.00. The van der Waals surface area contributed by atoms with Crippen LogP contribution in [-0.2, 0) is 0 Å². The first-order chi connectivity index (χ1) is 7.79. The fraction of sp³-hybridized carbons (Fsp3) is 0.500. The van der Waals surface area contributed by atoms with Gasteiger partial charge in [-0.05, 0) is 18.2 Å². The van der Waals surface area contributed by atoms with Crippen LogP contribution < -0.4 is 4.90 Å². The number of hydrogen-bond donors (Lipinski definition) is 1. The number of benzene rings is 1. The predicted molar refractivity (Wildman–Crippen MR) is 74.0 cm³/mol. The molecule has 0 unspecified atom stereocenters. The summed E-state index contributed by atoms with van der Waals surface area (Å²) in [6, 6.07) is 8.09. The van der Waals surface area contributed by atoms with Gasteiger partial charge in [-0.3, -0.25) is 4.90 Å². The monoisotopic (exact) mass is 256 g/mol. The second kappa shape index (κ2) is 5.80. The van der Waals surface area contributed by atoms with Crippen LogP contribution in [0, 0.1) is 0 Å². The summed E-state index contributed by atoms with van der Waals surface area (Å²) in [7, 11) is 0. The Morgan fingerprint density at radius 3 is 2.56 bits per heavy atom. The largest absolute Gasteiger partial charge is 0.369 e. The Kier molecular flexibility index (Phi) is 4.38. The molecule has 1 saturated heterocycles. The highest BCUT2D eigenvalue weighted by Gasteiger charge is 2.16. The van der Waals surface area contributed by atoms with Crippen LogP contribution in [0.1, 0.15) is 0 Å². The van der Waals surface area contributed by atoms with Crippen molar-refractivity contribution in [1.82, 2.24) is 4.90 Å². The second-order valence-electron chi connectivity index (χ2n) is 4.03. The van der Waals surface area contributed by atoms with Crippen molar-refractivity contribution in [3.05, 3.63) is 29.3 Å². The van der Waals surface area contributed by atoms with E-state index >= 15 is 0 Å². The minimum absolute atomic E-state index is 0.815. The number of piperazine rings is 1. The summed E-state index contributed by atoms with van der Waals surface area (Å²) in [5.41, 5.74) is 1.23. The molecule has 16 heavy (non-hydrogen) atoms. The molecule has 0 amide bonds. The summed E-state index contributed by atoms with van der Waals surface area (Å²) in [5.74, 6) is 0.942. The minimum atomic E-state index is 0.815. The molecule has 0 aromatic heterocycles. The van der Waals surface area contributed by atoms with Crippen LogP contribution in [-0.4, -0.2) is 43.4 Å². The Morgan fingerprint density at radius 1 is 1.19 bits per heavy atom. The van der Waals surface area contributed by atoms with E-state index in [1.807, 2.05) is 18.2 Å². The smallest absolute Gasteiger partial charge is 0.0426 e. The summed E-state index contributed by atoms with van der Waals surface area (Å²) in [6.45, 7) is 5.48. The fourth-order valence-corrected chi connectivity index (χ4v) is 2.51. The first-order valence-electron chi connectivity index (χ1n) is 5.63. The van der Waals surface area contributed by atoms with E-state index in [-0.39, 0.29) is 0 Å². The molecule has 1 heterocycles. The average Bonchev–Trinajstić information content (AvgIpc) is 2.30. The standard InChI is InChI=1S/C12H17ClN2S/c13-11-2-1-3-12(10-11)15-6-4-14(5-7-15)8-9-16/h1-3,10,16H,4-9H2. The molecule has 2 rings (SSSR count). The van der Waals surface area contributed by atoms with Crippen LogP contribution in [0.15, 0.2) is 24.3 Å². The highest BCUT2D eigenvalue weighted by Crippen LogP contribution is 2.20. The Labute approximate surface area is 108 Å². The molecule has 4 heteroatoms. The topological polar surface area (TPSA) is 6.48 Å². The Hall–Kier alpha value is -0.380. The second-order valence-corrected chi connectivity index (χ2v) is 4.92. The molecule has 0 bridgehead atoms. The Bertz CT molecular complexity index is 338. The third-order valence-corrected chi connectivity index (χ3v) is 3.40. The SMILES string of the molecule is SCCN1CCN(c2cccc(Cl)c2)CC1. The van der Waals surface area contributed by atoms with E-state index in [0.29, 0.717) is 0 Å². The maximum absolute atomic E-state index is 6.00. The maximum Gasteiger partial charge on any atom is 0.0426 e. The van der Waals surface area contributed by atoms with Gasteiger partial charge in [0.1, 0.15) is 0 Å². The molecule has 1 aliphatic rings. The molecule has 2 nitrogen and oxygen atoms in total. The zero-order valence-corrected chi connectivity index (χ0v) is 10.9. The van der Waals surface area contributed by atoms with Gasteiger partial charge in [-0.25, -0.2) is 0 Å². The van der Waals surface area contributed by atoms with Crippen LogP contribution in [0.5, 0.6) is 0 Å². The van der Waals surface area contributed by atoms with Crippen LogP contribution in [0.2, 0.25) is 5.02 Å². The number of nitrogens with zero attached hydrogens (tertiary/aromatic N) is 2. The number of thiol groups is 1. The van der Waals surface area contributed by atoms with E-state index in [0.717, 1.165) is 43.5 Å². The van der Waals surface area contributed by atoms with Crippen LogP contribution >= 0.6 is 24.2 Å². The highest BCUT2D eigenvalue weighted by molar-refractivity contribution is 7.80. The minimum Gasteiger partial charge on any atom is -0.369 e. The number of hydrogen-bond acceptors (Lipinski definition) is 3. The fourth-order valence-electron chi connectivity index (χ4n) is 2.04. The molecule has 88 valence electrons. The van der Waals surface area contributed by atoms with E-state index in [2.05, 4.69) is 28.5 Å². The molecule has 0 radical (unpaired) electrons. The molecular formula is C12H17ClN2S. The lowest BCUT2D eigenvalue weighted by molar-refractivity contribution is 0.273. The average molecular weight is 257 g/mol. The van der Waals surface area contributed by atoms with E-state index in [1.165, 1.54) is 5.69 Å². The molecule has 1 aromatic carbocycles. The lowest BCUT2D eigenvalue weighted by atomic mass is 10.2. The molecule has 0 saturated carbocycles. The van der Waals surface area contributed by atoms with E-state index in [4.69, 9.17) is 11.6 Å². The van der Waals surface area contributed by atoms with Crippen molar-refractivity contribution in [3.63, 3.8) is 0 Å². The summed E-state index contributed by atoms with van der Waals surface area (Å²) in [6.07, 6.45) is 0. The number of halogens is 1. The van der Waals surface area contributed by atoms with Crippen molar-refractivity contribution in [2.24, 2.45) is 0 Å². The number of anilines is 1. The Morgan fingerprint density at radius 2 is 1.94 bits per heavy atom. The van der Waals surface area contributed by atoms with E-state index in [1.54, 1.807) is 0 Å². The van der Waals surface area contributed by atoms with E-state index < -0.39 is 0 Å². The van der Waals surface area contributed by atoms with Gasteiger partial charge in [-0.1, -0.05) is 17.7 Å². The van der Waals surface area contributed by atoms with Crippen LogP contribution in [0.4, 0.5) is 5.69 Å². The first-order valence-corrected chi connectivity index (χ1v) is 6.64. The third kappa shape index (κ3) is 3.06. The molecule has 0 atom stereocenters. The van der Waals surface area contributed by atoms with Crippen molar-refractivity contribution in [2.75, 3.05) is 43.4 Å². The van der Waals surface area contributed by atoms with Crippen molar-refractivity contribution in [3.8, 4) is 0 Å². The summed E-state index contributed by atoms with van der Waals surface area (Å²) < 4.78 is 0. The zero-order valence-electron chi connectivity index (χ0n) is 9.27. The zero-order chi connectivity index (χ0) is 11.4. The highest BCUT2D eigenvalue weighted by atomic mass is 35.5. The van der Waals surface area contributed by atoms with Gasteiger partial charge >= 0.3 is 0 Å². The van der Waals surface area contributed by atoms with Gasteiger partial charge in [0.25, 0.3) is 0 Å². The van der Waals surface area contributed by atoms with Crippen molar-refractivity contribution >= 4 is 29.9 Å². The van der Waals surface area contributed by atoms with Crippen molar-refractivity contribution in [2.45, 2.75) is 0 Å². The molecule has 0 spiro atoms. The Balaban J connectivity index is 1.94. The lowest BCUT2D eigenvalue weighted by Crippen LogP contribution is -2.46. The predicted octanol–water partition coefficient (Wildman–Crippen LogP) is 2.39. The quantitative estimate of drug-likeness (QED) is 0.830. The van der Waals surface area contributed by atoms with Gasteiger partial charge in [0.15, 0.2) is 0 Å². The summed E-state index contributed by atoms with van der Waals surface area (Å²) in [4.78, 5) is 4.84. The van der Waals surface area contributed by atoms with Gasteiger partial charge in [0.2, 0.25) is 0 Å². The normalized spacial score (nSPS) is 17.8. The third-order valence-electron chi connectivity index (χ3n) is 2.96. The van der Waals surface area contributed by atoms with Crippen LogP contribution in [0.25, 0.3) is 0 Å². The lowest BCUT2D eigenvalue weighted by Gasteiger charge is -2.35. The van der Waals surface area contributed by atoms with Gasteiger partial charge in [-0.15, -0.1) is 0 Å². The first kappa shape index (κ1) is 12.1. The molecule has 0 aliphatic carbocycles. The number of rotatable bonds is 3. The van der Waals surface area contributed by atoms with E-state index in [9.17, 15) is 0 Å². The van der Waals surface area contributed by atoms with Crippen molar-refractivity contribution < 1.29 is 0 Å². The molecule has 1 aromatic rings. The van der Waals surface area contributed by atoms with Gasteiger partial charge in [0.05, 0.1) is 0 Å². The van der Waals surface area contributed by atoms with Crippen molar-refractivity contribution in [1.29, 1.82) is 0 Å². The van der Waals surface area contributed by atoms with Crippen LogP contribution in [0.3, 0.4) is 0 Å². The molecule has 0 N–H and O–H groups in total. The van der Waals surface area contributed by atoms with Gasteiger partial charge in [0, 0.05) is 49.2 Å².